The average Bonchev–Trinajstić information content (AvgIpc) is 2.66. The lowest BCUT2D eigenvalue weighted by molar-refractivity contribution is -0.116. The number of amides is 2. The maximum atomic E-state index is 12.5. The zero-order valence-corrected chi connectivity index (χ0v) is 15.6. The maximum absolute atomic E-state index is 12.5. The van der Waals surface area contributed by atoms with Crippen molar-refractivity contribution in [2.75, 3.05) is 26.0 Å². The summed E-state index contributed by atoms with van der Waals surface area (Å²) in [5.41, 5.74) is 2.48. The van der Waals surface area contributed by atoms with Crippen molar-refractivity contribution in [3.05, 3.63) is 59.7 Å². The lowest BCUT2D eigenvalue weighted by Gasteiger charge is -2.17. The van der Waals surface area contributed by atoms with E-state index in [4.69, 9.17) is 4.74 Å². The number of carbonyl (C=O) groups is 2. The molecule has 2 rings (SSSR count). The van der Waals surface area contributed by atoms with Crippen LogP contribution in [0.15, 0.2) is 48.5 Å². The van der Waals surface area contributed by atoms with Gasteiger partial charge in [-0.05, 0) is 54.8 Å². The number of hydrogen-bond donors (Lipinski definition) is 1. The largest absolute Gasteiger partial charge is 0.497 e. The molecule has 2 aromatic carbocycles. The van der Waals surface area contributed by atoms with Crippen molar-refractivity contribution in [1.29, 1.82) is 0 Å². The number of carbonyl (C=O) groups excluding carboxylic acids is 2. The van der Waals surface area contributed by atoms with Crippen LogP contribution in [0.25, 0.3) is 0 Å². The summed E-state index contributed by atoms with van der Waals surface area (Å²) in [7, 11) is 3.21. The van der Waals surface area contributed by atoms with E-state index in [1.54, 1.807) is 38.4 Å². The summed E-state index contributed by atoms with van der Waals surface area (Å²) in [5.74, 6) is 0.306. The minimum absolute atomic E-state index is 0.0115. The van der Waals surface area contributed by atoms with Gasteiger partial charge in [0.1, 0.15) is 5.75 Å². The number of anilines is 1. The van der Waals surface area contributed by atoms with E-state index >= 15 is 0 Å². The first-order valence-corrected chi connectivity index (χ1v) is 8.81. The molecule has 1 N–H and O–H groups in total. The predicted molar refractivity (Wildman–Crippen MR) is 104 cm³/mol. The highest BCUT2D eigenvalue weighted by Gasteiger charge is 2.15. The topological polar surface area (TPSA) is 58.6 Å². The Balaban J connectivity index is 1.89. The molecule has 0 aromatic heterocycles. The van der Waals surface area contributed by atoms with E-state index < -0.39 is 0 Å². The van der Waals surface area contributed by atoms with Crippen molar-refractivity contribution < 1.29 is 14.3 Å². The Labute approximate surface area is 155 Å². The van der Waals surface area contributed by atoms with E-state index in [-0.39, 0.29) is 18.4 Å². The van der Waals surface area contributed by atoms with Gasteiger partial charge in [-0.15, -0.1) is 0 Å². The highest BCUT2D eigenvalue weighted by Crippen LogP contribution is 2.15. The van der Waals surface area contributed by atoms with Crippen molar-refractivity contribution >= 4 is 17.5 Å². The van der Waals surface area contributed by atoms with Crippen LogP contribution in [0.1, 0.15) is 35.7 Å². The highest BCUT2D eigenvalue weighted by molar-refractivity contribution is 5.99. The van der Waals surface area contributed by atoms with Gasteiger partial charge in [0.25, 0.3) is 5.91 Å². The lowest BCUT2D eigenvalue weighted by atomic mass is 10.1. The fourth-order valence-corrected chi connectivity index (χ4v) is 2.58. The molecule has 0 heterocycles. The number of ether oxygens (including phenoxy) is 1. The number of aryl methyl sites for hydroxylation is 1. The summed E-state index contributed by atoms with van der Waals surface area (Å²) in [4.78, 5) is 26.0. The van der Waals surface area contributed by atoms with Crippen LogP contribution < -0.4 is 10.1 Å². The number of nitrogens with one attached hydrogen (secondary N) is 1. The molecule has 0 aliphatic carbocycles. The van der Waals surface area contributed by atoms with Gasteiger partial charge in [-0.1, -0.05) is 25.5 Å². The SMILES string of the molecule is CCCCc1ccc(C(=O)N(C)CC(=O)Nc2ccc(OC)cc2)cc1. The Bertz CT molecular complexity index is 724. The molecule has 5 nitrogen and oxygen atoms in total. The number of hydrogen-bond acceptors (Lipinski definition) is 3. The van der Waals surface area contributed by atoms with Gasteiger partial charge in [-0.3, -0.25) is 9.59 Å². The van der Waals surface area contributed by atoms with Crippen LogP contribution in [-0.2, 0) is 11.2 Å². The van der Waals surface area contributed by atoms with Gasteiger partial charge in [-0.2, -0.15) is 0 Å². The summed E-state index contributed by atoms with van der Waals surface area (Å²) in [6.45, 7) is 2.15. The molecule has 0 atom stereocenters. The summed E-state index contributed by atoms with van der Waals surface area (Å²) >= 11 is 0. The fraction of sp³-hybridized carbons (Fsp3) is 0.333. The molecular weight excluding hydrogens is 328 g/mol. The molecule has 26 heavy (non-hydrogen) atoms. The third kappa shape index (κ3) is 5.62. The van der Waals surface area contributed by atoms with E-state index in [2.05, 4.69) is 12.2 Å². The zero-order valence-electron chi connectivity index (χ0n) is 15.6. The molecule has 0 saturated heterocycles. The summed E-state index contributed by atoms with van der Waals surface area (Å²) < 4.78 is 5.08. The molecule has 2 aromatic rings. The van der Waals surface area contributed by atoms with Crippen LogP contribution in [0.4, 0.5) is 5.69 Å². The van der Waals surface area contributed by atoms with Crippen molar-refractivity contribution in [2.45, 2.75) is 26.2 Å². The molecule has 0 fully saturated rings. The van der Waals surface area contributed by atoms with Gasteiger partial charge < -0.3 is 15.0 Å². The van der Waals surface area contributed by atoms with Crippen LogP contribution in [-0.4, -0.2) is 37.4 Å². The van der Waals surface area contributed by atoms with E-state index in [9.17, 15) is 9.59 Å². The molecule has 0 spiro atoms. The van der Waals surface area contributed by atoms with Gasteiger partial charge >= 0.3 is 0 Å². The Morgan fingerprint density at radius 2 is 1.69 bits per heavy atom. The second kappa shape index (κ2) is 9.61. The second-order valence-electron chi connectivity index (χ2n) is 6.24. The summed E-state index contributed by atoms with van der Waals surface area (Å²) in [5, 5.41) is 2.77. The monoisotopic (exact) mass is 354 g/mol. The van der Waals surface area contributed by atoms with Gasteiger partial charge in [0.2, 0.25) is 5.91 Å². The number of likely N-dealkylation sites (N-methyl/N-ethyl adjacent to an activating group) is 1. The van der Waals surface area contributed by atoms with Gasteiger partial charge in [0.05, 0.1) is 13.7 Å². The normalized spacial score (nSPS) is 10.3. The molecular formula is C21H26N2O3. The first-order valence-electron chi connectivity index (χ1n) is 8.81. The van der Waals surface area contributed by atoms with E-state index in [0.717, 1.165) is 25.0 Å². The highest BCUT2D eigenvalue weighted by atomic mass is 16.5. The second-order valence-corrected chi connectivity index (χ2v) is 6.24. The Morgan fingerprint density at radius 3 is 2.27 bits per heavy atom. The number of rotatable bonds is 8. The third-order valence-corrected chi connectivity index (χ3v) is 4.12. The fourth-order valence-electron chi connectivity index (χ4n) is 2.58. The first kappa shape index (κ1) is 19.5. The molecule has 0 aliphatic heterocycles. The Kier molecular flexibility index (Phi) is 7.21. The number of nitrogens with zero attached hydrogens (tertiary/aromatic N) is 1. The molecule has 2 amide bonds. The summed E-state index contributed by atoms with van der Waals surface area (Å²) in [6.07, 6.45) is 3.30. The Morgan fingerprint density at radius 1 is 1.04 bits per heavy atom. The van der Waals surface area contributed by atoms with Crippen LogP contribution in [0.5, 0.6) is 5.75 Å². The first-order chi connectivity index (χ1) is 12.5. The standard InChI is InChI=1S/C21H26N2O3/c1-4-5-6-16-7-9-17(10-8-16)21(25)23(2)15-20(24)22-18-11-13-19(26-3)14-12-18/h7-14H,4-6,15H2,1-3H3,(H,22,24). The smallest absolute Gasteiger partial charge is 0.254 e. The van der Waals surface area contributed by atoms with Crippen molar-refractivity contribution in [3.63, 3.8) is 0 Å². The van der Waals surface area contributed by atoms with Crippen molar-refractivity contribution in [3.8, 4) is 5.75 Å². The summed E-state index contributed by atoms with van der Waals surface area (Å²) in [6, 6.07) is 14.7. The van der Waals surface area contributed by atoms with Crippen LogP contribution in [0, 0.1) is 0 Å². The van der Waals surface area contributed by atoms with Crippen LogP contribution >= 0.6 is 0 Å². The molecule has 0 aliphatic rings. The quantitative estimate of drug-likeness (QED) is 0.785. The van der Waals surface area contributed by atoms with E-state index in [0.29, 0.717) is 11.3 Å². The molecule has 0 unspecified atom stereocenters. The van der Waals surface area contributed by atoms with Gasteiger partial charge in [0.15, 0.2) is 0 Å². The number of benzene rings is 2. The Hall–Kier alpha value is -2.82. The molecule has 138 valence electrons. The van der Waals surface area contributed by atoms with Crippen LogP contribution in [0.2, 0.25) is 0 Å². The van der Waals surface area contributed by atoms with Gasteiger partial charge in [-0.25, -0.2) is 0 Å². The van der Waals surface area contributed by atoms with Crippen molar-refractivity contribution in [2.24, 2.45) is 0 Å². The molecule has 0 radical (unpaired) electrons. The molecule has 0 bridgehead atoms. The number of methoxy groups -OCH3 is 1. The number of unbranched alkanes of at least 4 members (excludes halogenated alkanes) is 1. The van der Waals surface area contributed by atoms with Crippen LogP contribution in [0.3, 0.4) is 0 Å². The zero-order chi connectivity index (χ0) is 18.9. The lowest BCUT2D eigenvalue weighted by Crippen LogP contribution is -2.34. The van der Waals surface area contributed by atoms with Gasteiger partial charge in [0, 0.05) is 18.3 Å². The average molecular weight is 354 g/mol. The van der Waals surface area contributed by atoms with Crippen molar-refractivity contribution in [1.82, 2.24) is 4.90 Å². The minimum atomic E-state index is -0.245. The van der Waals surface area contributed by atoms with E-state index in [1.807, 2.05) is 24.3 Å². The third-order valence-electron chi connectivity index (χ3n) is 4.12. The van der Waals surface area contributed by atoms with E-state index in [1.165, 1.54) is 10.5 Å². The molecule has 5 heteroatoms. The minimum Gasteiger partial charge on any atom is -0.497 e. The maximum Gasteiger partial charge on any atom is 0.254 e. The molecule has 0 saturated carbocycles. The predicted octanol–water partition coefficient (Wildman–Crippen LogP) is 3.75.